The second-order valence-corrected chi connectivity index (χ2v) is 7.81. The van der Waals surface area contributed by atoms with Crippen LogP contribution in [0.5, 0.6) is 0 Å². The smallest absolute Gasteiger partial charge is 0.106 e. The molecular formula is C17H17NOS2. The highest BCUT2D eigenvalue weighted by molar-refractivity contribution is 7.83. The van der Waals surface area contributed by atoms with E-state index in [2.05, 4.69) is 43.1 Å². The fourth-order valence-corrected chi connectivity index (χ4v) is 4.79. The SMILES string of the molecule is Cc1ccc(C)c(CS(=O)Cc2nc3ccccc3s2)c1. The van der Waals surface area contributed by atoms with Gasteiger partial charge in [0.1, 0.15) is 5.01 Å². The Labute approximate surface area is 131 Å². The summed E-state index contributed by atoms with van der Waals surface area (Å²) < 4.78 is 13.6. The van der Waals surface area contributed by atoms with Gasteiger partial charge in [-0.15, -0.1) is 11.3 Å². The molecule has 1 aromatic heterocycles. The second-order valence-electron chi connectivity index (χ2n) is 5.23. The van der Waals surface area contributed by atoms with Crippen molar-refractivity contribution in [3.8, 4) is 0 Å². The topological polar surface area (TPSA) is 30.0 Å². The number of hydrogen-bond acceptors (Lipinski definition) is 3. The number of para-hydroxylation sites is 1. The summed E-state index contributed by atoms with van der Waals surface area (Å²) in [6.07, 6.45) is 0. The minimum atomic E-state index is -0.919. The summed E-state index contributed by atoms with van der Waals surface area (Å²) in [4.78, 5) is 4.56. The molecule has 1 atom stereocenters. The van der Waals surface area contributed by atoms with Crippen molar-refractivity contribution >= 4 is 32.4 Å². The highest BCUT2D eigenvalue weighted by Gasteiger charge is 2.10. The van der Waals surface area contributed by atoms with Crippen molar-refractivity contribution in [2.45, 2.75) is 25.4 Å². The Morgan fingerprint density at radius 3 is 2.71 bits per heavy atom. The van der Waals surface area contributed by atoms with Gasteiger partial charge in [0.25, 0.3) is 0 Å². The van der Waals surface area contributed by atoms with Gasteiger partial charge in [0.15, 0.2) is 0 Å². The van der Waals surface area contributed by atoms with Gasteiger partial charge in [-0.3, -0.25) is 4.21 Å². The van der Waals surface area contributed by atoms with Gasteiger partial charge < -0.3 is 0 Å². The Balaban J connectivity index is 1.75. The normalized spacial score (nSPS) is 12.7. The monoisotopic (exact) mass is 315 g/mol. The van der Waals surface area contributed by atoms with Crippen LogP contribution in [0, 0.1) is 13.8 Å². The molecule has 3 aromatic rings. The molecule has 0 radical (unpaired) electrons. The molecule has 0 aliphatic carbocycles. The van der Waals surface area contributed by atoms with Crippen molar-refractivity contribution in [2.24, 2.45) is 0 Å². The molecule has 2 nitrogen and oxygen atoms in total. The van der Waals surface area contributed by atoms with Gasteiger partial charge in [-0.25, -0.2) is 4.98 Å². The van der Waals surface area contributed by atoms with E-state index in [1.54, 1.807) is 11.3 Å². The van der Waals surface area contributed by atoms with Crippen LogP contribution in [0.4, 0.5) is 0 Å². The Morgan fingerprint density at radius 2 is 1.90 bits per heavy atom. The lowest BCUT2D eigenvalue weighted by atomic mass is 10.1. The number of thiazole rings is 1. The number of nitrogens with zero attached hydrogens (tertiary/aromatic N) is 1. The summed E-state index contributed by atoms with van der Waals surface area (Å²) in [5.41, 5.74) is 4.60. The second kappa shape index (κ2) is 6.08. The first-order valence-electron chi connectivity index (χ1n) is 6.87. The highest BCUT2D eigenvalue weighted by atomic mass is 32.2. The van der Waals surface area contributed by atoms with Crippen LogP contribution in [0.3, 0.4) is 0 Å². The van der Waals surface area contributed by atoms with Crippen LogP contribution < -0.4 is 0 Å². The van der Waals surface area contributed by atoms with E-state index in [4.69, 9.17) is 0 Å². The maximum absolute atomic E-state index is 12.4. The van der Waals surface area contributed by atoms with Crippen molar-refractivity contribution in [2.75, 3.05) is 0 Å². The molecule has 0 bridgehead atoms. The average molecular weight is 315 g/mol. The van der Waals surface area contributed by atoms with Crippen LogP contribution >= 0.6 is 11.3 Å². The Bertz CT molecular complexity index is 774. The number of rotatable bonds is 4. The lowest BCUT2D eigenvalue weighted by Gasteiger charge is -2.06. The maximum atomic E-state index is 12.4. The van der Waals surface area contributed by atoms with Gasteiger partial charge in [0, 0.05) is 16.6 Å². The summed E-state index contributed by atoms with van der Waals surface area (Å²) in [6.45, 7) is 4.14. The first kappa shape index (κ1) is 14.4. The third kappa shape index (κ3) is 3.39. The zero-order valence-corrected chi connectivity index (χ0v) is 13.8. The van der Waals surface area contributed by atoms with Crippen molar-refractivity contribution < 1.29 is 4.21 Å². The Kier molecular flexibility index (Phi) is 4.17. The molecule has 0 fully saturated rings. The molecule has 0 saturated heterocycles. The van der Waals surface area contributed by atoms with Crippen LogP contribution in [0.25, 0.3) is 10.2 Å². The van der Waals surface area contributed by atoms with Crippen molar-refractivity contribution in [3.63, 3.8) is 0 Å². The third-order valence-corrected chi connectivity index (χ3v) is 5.89. The van der Waals surface area contributed by atoms with E-state index in [9.17, 15) is 4.21 Å². The van der Waals surface area contributed by atoms with Gasteiger partial charge in [-0.05, 0) is 37.1 Å². The predicted molar refractivity (Wildman–Crippen MR) is 91.1 cm³/mol. The maximum Gasteiger partial charge on any atom is 0.106 e. The van der Waals surface area contributed by atoms with Crippen molar-refractivity contribution in [1.82, 2.24) is 4.98 Å². The minimum Gasteiger partial charge on any atom is -0.259 e. The van der Waals surface area contributed by atoms with Crippen LogP contribution in [0.15, 0.2) is 42.5 Å². The standard InChI is InChI=1S/C17H17NOS2/c1-12-7-8-13(2)14(9-12)10-21(19)11-17-18-15-5-3-4-6-16(15)20-17/h3-9H,10-11H2,1-2H3. The van der Waals surface area contributed by atoms with E-state index in [1.807, 2.05) is 18.2 Å². The number of benzene rings is 2. The number of hydrogen-bond donors (Lipinski definition) is 0. The summed E-state index contributed by atoms with van der Waals surface area (Å²) >= 11 is 1.64. The van der Waals surface area contributed by atoms with E-state index < -0.39 is 10.8 Å². The predicted octanol–water partition coefficient (Wildman–Crippen LogP) is 4.36. The molecule has 0 N–H and O–H groups in total. The van der Waals surface area contributed by atoms with Gasteiger partial charge >= 0.3 is 0 Å². The van der Waals surface area contributed by atoms with E-state index in [0.717, 1.165) is 15.2 Å². The molecule has 0 spiro atoms. The number of aryl methyl sites for hydroxylation is 2. The zero-order valence-electron chi connectivity index (χ0n) is 12.1. The Hall–Kier alpha value is -1.52. The molecule has 108 valence electrons. The molecule has 1 unspecified atom stereocenters. The van der Waals surface area contributed by atoms with Crippen LogP contribution in [-0.4, -0.2) is 9.19 Å². The van der Waals surface area contributed by atoms with E-state index in [-0.39, 0.29) is 0 Å². The highest BCUT2D eigenvalue weighted by Crippen LogP contribution is 2.23. The largest absolute Gasteiger partial charge is 0.259 e. The number of fused-ring (bicyclic) bond motifs is 1. The van der Waals surface area contributed by atoms with E-state index >= 15 is 0 Å². The molecule has 0 saturated carbocycles. The zero-order chi connectivity index (χ0) is 14.8. The molecule has 2 aromatic carbocycles. The average Bonchev–Trinajstić information content (AvgIpc) is 2.84. The van der Waals surface area contributed by atoms with Crippen molar-refractivity contribution in [1.29, 1.82) is 0 Å². The van der Waals surface area contributed by atoms with Crippen LogP contribution in [0.1, 0.15) is 21.7 Å². The molecule has 0 aliphatic rings. The van der Waals surface area contributed by atoms with E-state index in [1.165, 1.54) is 16.7 Å². The Morgan fingerprint density at radius 1 is 1.10 bits per heavy atom. The molecule has 4 heteroatoms. The van der Waals surface area contributed by atoms with Gasteiger partial charge in [0.2, 0.25) is 0 Å². The van der Waals surface area contributed by atoms with Gasteiger partial charge in [0.05, 0.1) is 16.0 Å². The molecular weight excluding hydrogens is 298 g/mol. The quantitative estimate of drug-likeness (QED) is 0.716. The summed E-state index contributed by atoms with van der Waals surface area (Å²) in [7, 11) is -0.919. The van der Waals surface area contributed by atoms with Crippen LogP contribution in [-0.2, 0) is 22.3 Å². The number of aromatic nitrogens is 1. The molecule has 21 heavy (non-hydrogen) atoms. The molecule has 3 rings (SSSR count). The van der Waals surface area contributed by atoms with Crippen LogP contribution in [0.2, 0.25) is 0 Å². The minimum absolute atomic E-state index is 0.534. The van der Waals surface area contributed by atoms with Crippen molar-refractivity contribution in [3.05, 3.63) is 64.2 Å². The molecule has 0 amide bonds. The third-order valence-electron chi connectivity index (χ3n) is 3.44. The van der Waals surface area contributed by atoms with Gasteiger partial charge in [-0.2, -0.15) is 0 Å². The molecule has 0 aliphatic heterocycles. The first-order chi connectivity index (χ1) is 10.1. The summed E-state index contributed by atoms with van der Waals surface area (Å²) in [5.74, 6) is 1.14. The summed E-state index contributed by atoms with van der Waals surface area (Å²) in [6, 6.07) is 14.4. The fraction of sp³-hybridized carbons (Fsp3) is 0.235. The van der Waals surface area contributed by atoms with Gasteiger partial charge in [-0.1, -0.05) is 35.9 Å². The fourth-order valence-electron chi connectivity index (χ4n) is 2.30. The lowest BCUT2D eigenvalue weighted by Crippen LogP contribution is -2.01. The lowest BCUT2D eigenvalue weighted by molar-refractivity contribution is 0.682. The van der Waals surface area contributed by atoms with E-state index in [0.29, 0.717) is 11.5 Å². The summed E-state index contributed by atoms with van der Waals surface area (Å²) in [5, 5.41) is 0.958. The first-order valence-corrected chi connectivity index (χ1v) is 9.18. The molecule has 1 heterocycles.